The zero-order valence-electron chi connectivity index (χ0n) is 13.0. The van der Waals surface area contributed by atoms with E-state index in [-0.39, 0.29) is 26.1 Å². The normalized spacial score (nSPS) is 16.4. The number of nitrogens with one attached hydrogen (secondary N) is 1. The van der Waals surface area contributed by atoms with Gasteiger partial charge in [-0.3, -0.25) is 0 Å². The molecule has 8 nitrogen and oxygen atoms in total. The van der Waals surface area contributed by atoms with Crippen molar-refractivity contribution < 1.29 is 23.1 Å². The van der Waals surface area contributed by atoms with Gasteiger partial charge < -0.3 is 10.4 Å². The molecular formula is C14H18ClN3O5S. The fraction of sp³-hybridized carbons (Fsp3) is 0.429. The number of hydrogen-bond acceptors (Lipinski definition) is 5. The molecule has 0 bridgehead atoms. The number of carbonyl (C=O) groups is 2. The lowest BCUT2D eigenvalue weighted by molar-refractivity contribution is 0.164. The Bertz CT molecular complexity index is 740. The number of carbonyl (C=O) groups excluding carboxylic acids is 2. The number of halogens is 1. The maximum atomic E-state index is 12.0. The highest BCUT2D eigenvalue weighted by Gasteiger charge is 2.37. The second-order valence-corrected chi connectivity index (χ2v) is 7.70. The summed E-state index contributed by atoms with van der Waals surface area (Å²) in [7, 11) is -3.68. The molecule has 1 aromatic carbocycles. The Balaban J connectivity index is 1.85. The highest BCUT2D eigenvalue weighted by atomic mass is 35.5. The van der Waals surface area contributed by atoms with Crippen molar-refractivity contribution in [1.82, 2.24) is 14.5 Å². The lowest BCUT2D eigenvalue weighted by Crippen LogP contribution is -2.44. The van der Waals surface area contributed by atoms with Gasteiger partial charge in [0.25, 0.3) is 0 Å². The predicted octanol–water partition coefficient (Wildman–Crippen LogP) is 1.17. The molecule has 2 rings (SSSR count). The Kier molecular flexibility index (Phi) is 5.68. The summed E-state index contributed by atoms with van der Waals surface area (Å²) in [4.78, 5) is 24.7. The van der Waals surface area contributed by atoms with Crippen LogP contribution >= 0.6 is 11.6 Å². The Labute approximate surface area is 145 Å². The fourth-order valence-electron chi connectivity index (χ4n) is 2.30. The maximum Gasteiger partial charge on any atom is 0.341 e. The van der Waals surface area contributed by atoms with Crippen molar-refractivity contribution in [3.05, 3.63) is 34.9 Å². The van der Waals surface area contributed by atoms with E-state index in [0.29, 0.717) is 14.9 Å². The molecule has 0 radical (unpaired) electrons. The minimum Gasteiger partial charge on any atom is -0.388 e. The number of imide groups is 1. The van der Waals surface area contributed by atoms with E-state index in [1.807, 2.05) is 0 Å². The third-order valence-electron chi connectivity index (χ3n) is 3.54. The van der Waals surface area contributed by atoms with Gasteiger partial charge in [0.05, 0.1) is 25.4 Å². The predicted molar refractivity (Wildman–Crippen MR) is 88.1 cm³/mol. The molecule has 1 saturated heterocycles. The van der Waals surface area contributed by atoms with Gasteiger partial charge in [-0.1, -0.05) is 23.7 Å². The zero-order valence-corrected chi connectivity index (χ0v) is 14.5. The third-order valence-corrected chi connectivity index (χ3v) is 4.92. The molecule has 1 aromatic rings. The average molecular weight is 376 g/mol. The van der Waals surface area contributed by atoms with E-state index in [2.05, 4.69) is 5.32 Å². The van der Waals surface area contributed by atoms with Crippen molar-refractivity contribution >= 4 is 33.7 Å². The zero-order chi connectivity index (χ0) is 17.9. The van der Waals surface area contributed by atoms with Crippen LogP contribution in [-0.2, 0) is 10.0 Å². The molecule has 24 heavy (non-hydrogen) atoms. The molecule has 2 N–H and O–H groups in total. The molecule has 0 aromatic heterocycles. The summed E-state index contributed by atoms with van der Waals surface area (Å²) >= 11 is 5.85. The minimum absolute atomic E-state index is 0.00537. The largest absolute Gasteiger partial charge is 0.388 e. The van der Waals surface area contributed by atoms with Gasteiger partial charge >= 0.3 is 12.1 Å². The Hall–Kier alpha value is -1.84. The topological polar surface area (TPSA) is 107 Å². The van der Waals surface area contributed by atoms with Crippen molar-refractivity contribution in [1.29, 1.82) is 0 Å². The van der Waals surface area contributed by atoms with Crippen molar-refractivity contribution in [2.24, 2.45) is 0 Å². The van der Waals surface area contributed by atoms with Crippen LogP contribution in [0.5, 0.6) is 0 Å². The van der Waals surface area contributed by atoms with Crippen LogP contribution in [0.4, 0.5) is 9.59 Å². The smallest absolute Gasteiger partial charge is 0.341 e. The van der Waals surface area contributed by atoms with E-state index < -0.39 is 28.2 Å². The van der Waals surface area contributed by atoms with Gasteiger partial charge in [0.1, 0.15) is 0 Å². The number of benzene rings is 1. The second-order valence-electron chi connectivity index (χ2n) is 5.36. The summed E-state index contributed by atoms with van der Waals surface area (Å²) in [6.07, 6.45) is 0.322. The monoisotopic (exact) mass is 375 g/mol. The van der Waals surface area contributed by atoms with Crippen molar-refractivity contribution in [3.63, 3.8) is 0 Å². The maximum absolute atomic E-state index is 12.0. The van der Waals surface area contributed by atoms with Crippen LogP contribution in [0.15, 0.2) is 24.3 Å². The van der Waals surface area contributed by atoms with Crippen LogP contribution in [0.1, 0.15) is 18.1 Å². The first-order valence-electron chi connectivity index (χ1n) is 7.20. The summed E-state index contributed by atoms with van der Waals surface area (Å²) < 4.78 is 23.5. The van der Waals surface area contributed by atoms with E-state index in [9.17, 15) is 23.1 Å². The highest BCUT2D eigenvalue weighted by Crippen LogP contribution is 2.20. The lowest BCUT2D eigenvalue weighted by atomic mass is 10.1. The number of sulfonamides is 1. The van der Waals surface area contributed by atoms with E-state index in [1.165, 1.54) is 0 Å². The lowest BCUT2D eigenvalue weighted by Gasteiger charge is -2.17. The van der Waals surface area contributed by atoms with Crippen LogP contribution in [0.3, 0.4) is 0 Å². The van der Waals surface area contributed by atoms with E-state index in [1.54, 1.807) is 24.3 Å². The van der Waals surface area contributed by atoms with Gasteiger partial charge in [-0.05, 0) is 24.1 Å². The fourth-order valence-corrected chi connectivity index (χ4v) is 3.30. The number of aliphatic hydroxyl groups is 1. The van der Waals surface area contributed by atoms with Gasteiger partial charge in [0, 0.05) is 11.6 Å². The number of amides is 4. The third kappa shape index (κ3) is 4.37. The first-order valence-corrected chi connectivity index (χ1v) is 9.43. The first-order chi connectivity index (χ1) is 11.2. The molecule has 4 amide bonds. The Morgan fingerprint density at radius 3 is 2.71 bits per heavy atom. The summed E-state index contributed by atoms with van der Waals surface area (Å²) in [5.41, 5.74) is 0.622. The van der Waals surface area contributed by atoms with Crippen LogP contribution in [0.25, 0.3) is 0 Å². The molecule has 1 aliphatic heterocycles. The molecule has 0 aliphatic carbocycles. The van der Waals surface area contributed by atoms with Gasteiger partial charge in [-0.15, -0.1) is 0 Å². The van der Waals surface area contributed by atoms with E-state index in [0.717, 1.165) is 11.2 Å². The molecule has 1 atom stereocenters. The molecule has 1 fully saturated rings. The van der Waals surface area contributed by atoms with Gasteiger partial charge in [-0.25, -0.2) is 27.2 Å². The summed E-state index contributed by atoms with van der Waals surface area (Å²) in [6.45, 7) is 0.0555. The number of hydrogen-bond donors (Lipinski definition) is 2. The van der Waals surface area contributed by atoms with Gasteiger partial charge in [0.2, 0.25) is 10.0 Å². The number of aliphatic hydroxyl groups excluding tert-OH is 1. The van der Waals surface area contributed by atoms with Crippen LogP contribution in [0.2, 0.25) is 5.02 Å². The Morgan fingerprint density at radius 1 is 1.42 bits per heavy atom. The van der Waals surface area contributed by atoms with Crippen molar-refractivity contribution in [2.75, 3.05) is 25.9 Å². The van der Waals surface area contributed by atoms with E-state index >= 15 is 0 Å². The molecular weight excluding hydrogens is 358 g/mol. The minimum atomic E-state index is -3.68. The van der Waals surface area contributed by atoms with Crippen LogP contribution < -0.4 is 5.32 Å². The standard InChI is InChI=1S/C14H18ClN3O5S/c1-24(22,23)18-8-7-17(14(18)21)13(20)16-6-5-12(19)10-3-2-4-11(15)9-10/h2-4,9,12,19H,5-8H2,1H3,(H,16,20). The molecule has 0 spiro atoms. The van der Waals surface area contributed by atoms with E-state index in [4.69, 9.17) is 11.6 Å². The van der Waals surface area contributed by atoms with Crippen LogP contribution in [-0.4, -0.2) is 60.7 Å². The van der Waals surface area contributed by atoms with Crippen molar-refractivity contribution in [3.8, 4) is 0 Å². The average Bonchev–Trinajstić information content (AvgIpc) is 2.88. The van der Waals surface area contributed by atoms with Gasteiger partial charge in [-0.2, -0.15) is 0 Å². The Morgan fingerprint density at radius 2 is 2.12 bits per heavy atom. The van der Waals surface area contributed by atoms with Crippen LogP contribution in [0, 0.1) is 0 Å². The molecule has 1 aliphatic rings. The second kappa shape index (κ2) is 7.37. The molecule has 1 unspecified atom stereocenters. The molecule has 0 saturated carbocycles. The van der Waals surface area contributed by atoms with Crippen molar-refractivity contribution in [2.45, 2.75) is 12.5 Å². The summed E-state index contributed by atoms with van der Waals surface area (Å²) in [6, 6.07) is 5.18. The number of rotatable bonds is 5. The van der Waals surface area contributed by atoms with Gasteiger partial charge in [0.15, 0.2) is 0 Å². The highest BCUT2D eigenvalue weighted by molar-refractivity contribution is 7.88. The molecule has 1 heterocycles. The number of nitrogens with zero attached hydrogens (tertiary/aromatic N) is 2. The molecule has 132 valence electrons. The first kappa shape index (κ1) is 18.5. The quantitative estimate of drug-likeness (QED) is 0.803. The SMILES string of the molecule is CS(=O)(=O)N1CCN(C(=O)NCCC(O)c2cccc(Cl)c2)C1=O. The molecule has 10 heteroatoms. The summed E-state index contributed by atoms with van der Waals surface area (Å²) in [5.74, 6) is 0. The summed E-state index contributed by atoms with van der Waals surface area (Å²) in [5, 5.41) is 13.0. The number of urea groups is 2.